The molecule has 0 spiro atoms. The standard InChI is InChI=1S/C22H23F5.C15H23BO2.C7H2F5I/c1-2-3-14-4-6-15(7-5-14)16-8-10-17(11-9-16)18-12-13-19(22(25,26)27)21(24)20(18)23;1-2-3-12-4-6-13(7-5-12)14-8-10-15(11-9-14)16(17)18;8-5-3(7(10,11)12)1-2-4(13)6(5)9/h8-15H,2-7H2,1H3;8-13,17-18H,2-7H2,1H3;1-2H. The first kappa shape index (κ1) is 47.6. The highest BCUT2D eigenvalue weighted by Crippen LogP contribution is 2.40. The lowest BCUT2D eigenvalue weighted by Crippen LogP contribution is -2.29. The van der Waals surface area contributed by atoms with Crippen LogP contribution in [-0.4, -0.2) is 17.2 Å². The maximum atomic E-state index is 14.2. The molecule has 0 unspecified atom stereocenters. The second-order valence-corrected chi connectivity index (χ2v) is 16.3. The van der Waals surface area contributed by atoms with Crippen molar-refractivity contribution < 1.29 is 54.0 Å². The molecule has 2 fully saturated rings. The lowest BCUT2D eigenvalue weighted by atomic mass is 9.75. The average Bonchev–Trinajstić information content (AvgIpc) is 3.18. The molecule has 4 aromatic carbocycles. The molecular weight excluding hydrogens is 888 g/mol. The molecule has 0 atom stereocenters. The van der Waals surface area contributed by atoms with Gasteiger partial charge in [0.1, 0.15) is 0 Å². The zero-order valence-corrected chi connectivity index (χ0v) is 34.5. The van der Waals surface area contributed by atoms with E-state index in [2.05, 4.69) is 26.0 Å². The number of halogens is 11. The van der Waals surface area contributed by atoms with Crippen LogP contribution in [0, 0.1) is 38.7 Å². The van der Waals surface area contributed by atoms with Crippen LogP contribution in [0.2, 0.25) is 0 Å². The molecule has 2 saturated carbocycles. The van der Waals surface area contributed by atoms with Crippen molar-refractivity contribution in [3.8, 4) is 11.1 Å². The molecule has 2 aliphatic rings. The van der Waals surface area contributed by atoms with Crippen LogP contribution in [0.25, 0.3) is 11.1 Å². The molecule has 0 radical (unpaired) electrons. The van der Waals surface area contributed by atoms with Gasteiger partial charge in [-0.3, -0.25) is 0 Å². The fraction of sp³-hybridized carbons (Fsp3) is 0.455. The molecule has 2 nitrogen and oxygen atoms in total. The predicted octanol–water partition coefficient (Wildman–Crippen LogP) is 13.8. The van der Waals surface area contributed by atoms with Gasteiger partial charge < -0.3 is 10.0 Å². The van der Waals surface area contributed by atoms with Gasteiger partial charge >= 0.3 is 19.5 Å². The molecule has 0 saturated heterocycles. The topological polar surface area (TPSA) is 40.5 Å². The summed E-state index contributed by atoms with van der Waals surface area (Å²) in [7, 11) is -1.35. The number of rotatable bonds is 8. The van der Waals surface area contributed by atoms with Gasteiger partial charge in [-0.25, -0.2) is 17.6 Å². The van der Waals surface area contributed by atoms with E-state index >= 15 is 0 Å². The van der Waals surface area contributed by atoms with E-state index in [1.54, 1.807) is 12.1 Å². The van der Waals surface area contributed by atoms with E-state index in [0.29, 0.717) is 35.0 Å². The van der Waals surface area contributed by atoms with E-state index in [4.69, 9.17) is 10.0 Å². The summed E-state index contributed by atoms with van der Waals surface area (Å²) in [5.74, 6) is -3.75. The molecule has 0 aromatic heterocycles. The Morgan fingerprint density at radius 1 is 0.534 bits per heavy atom. The van der Waals surface area contributed by atoms with Gasteiger partial charge in [-0.15, -0.1) is 0 Å². The van der Waals surface area contributed by atoms with Crippen LogP contribution < -0.4 is 5.46 Å². The van der Waals surface area contributed by atoms with Crippen LogP contribution in [0.1, 0.15) is 125 Å². The van der Waals surface area contributed by atoms with E-state index in [1.807, 2.05) is 24.3 Å². The summed E-state index contributed by atoms with van der Waals surface area (Å²) in [6, 6.07) is 17.8. The van der Waals surface area contributed by atoms with Crippen molar-refractivity contribution in [3.05, 3.63) is 122 Å². The second kappa shape index (κ2) is 21.4. The molecule has 4 aromatic rings. The monoisotopic (exact) mass is 936 g/mol. The normalized spacial score (nSPS) is 19.7. The fourth-order valence-corrected chi connectivity index (χ4v) is 8.41. The number of hydrogen-bond acceptors (Lipinski definition) is 2. The number of benzene rings is 4. The molecule has 0 aliphatic heterocycles. The van der Waals surface area contributed by atoms with Crippen LogP contribution in [0.5, 0.6) is 0 Å². The SMILES string of the molecule is CCCC1CCC(c2ccc(-c3ccc(C(F)(F)F)c(F)c3F)cc2)CC1.CCCC1CCC(c2ccc(B(O)O)cc2)CC1.Fc1c(I)ccc(C(F)(F)F)c1F. The van der Waals surface area contributed by atoms with Gasteiger partial charge in [0.15, 0.2) is 23.3 Å². The number of alkyl halides is 6. The van der Waals surface area contributed by atoms with Crippen LogP contribution in [0.15, 0.2) is 72.8 Å². The minimum atomic E-state index is -4.91. The van der Waals surface area contributed by atoms with Gasteiger partial charge in [0.05, 0.1) is 14.7 Å². The third-order valence-electron chi connectivity index (χ3n) is 11.2. The molecule has 58 heavy (non-hydrogen) atoms. The lowest BCUT2D eigenvalue weighted by Gasteiger charge is -2.28. The van der Waals surface area contributed by atoms with Gasteiger partial charge in [-0.1, -0.05) is 94.1 Å². The fourth-order valence-electron chi connectivity index (χ4n) is 8.00. The largest absolute Gasteiger partial charge is 0.488 e. The Bertz CT molecular complexity index is 1880. The van der Waals surface area contributed by atoms with Crippen LogP contribution in [0.3, 0.4) is 0 Å². The first-order valence-electron chi connectivity index (χ1n) is 19.7. The van der Waals surface area contributed by atoms with E-state index in [9.17, 15) is 43.9 Å². The van der Waals surface area contributed by atoms with Crippen LogP contribution in [0.4, 0.5) is 43.9 Å². The van der Waals surface area contributed by atoms with Gasteiger partial charge in [-0.2, -0.15) is 26.3 Å². The van der Waals surface area contributed by atoms with Crippen molar-refractivity contribution >= 4 is 35.2 Å². The highest BCUT2D eigenvalue weighted by atomic mass is 127. The van der Waals surface area contributed by atoms with Crippen molar-refractivity contribution in [1.29, 1.82) is 0 Å². The first-order valence-corrected chi connectivity index (χ1v) is 20.8. The van der Waals surface area contributed by atoms with Crippen molar-refractivity contribution in [2.75, 3.05) is 0 Å². The Kier molecular flexibility index (Phi) is 17.6. The third-order valence-corrected chi connectivity index (χ3v) is 12.0. The lowest BCUT2D eigenvalue weighted by molar-refractivity contribution is -0.141. The van der Waals surface area contributed by atoms with E-state index in [-0.39, 0.29) is 9.13 Å². The van der Waals surface area contributed by atoms with E-state index in [1.165, 1.54) is 92.4 Å². The highest BCUT2D eigenvalue weighted by Gasteiger charge is 2.37. The minimum absolute atomic E-state index is 0.154. The zero-order valence-electron chi connectivity index (χ0n) is 32.4. The average molecular weight is 937 g/mol. The minimum Gasteiger partial charge on any atom is -0.423 e. The smallest absolute Gasteiger partial charge is 0.423 e. The quantitative estimate of drug-likeness (QED) is 0.0800. The Labute approximate surface area is 347 Å². The summed E-state index contributed by atoms with van der Waals surface area (Å²) in [5, 5.41) is 18.1. The molecule has 316 valence electrons. The molecule has 0 bridgehead atoms. The van der Waals surface area contributed by atoms with Gasteiger partial charge in [0.2, 0.25) is 0 Å². The molecule has 2 aliphatic carbocycles. The molecular formula is C44H48BF10IO2. The van der Waals surface area contributed by atoms with Gasteiger partial charge in [0.25, 0.3) is 0 Å². The molecule has 2 N–H and O–H groups in total. The maximum absolute atomic E-state index is 14.2. The molecule has 0 amide bonds. The number of hydrogen-bond donors (Lipinski definition) is 2. The zero-order chi connectivity index (χ0) is 42.8. The maximum Gasteiger partial charge on any atom is 0.488 e. The molecule has 0 heterocycles. The predicted molar refractivity (Wildman–Crippen MR) is 216 cm³/mol. The highest BCUT2D eigenvalue weighted by molar-refractivity contribution is 14.1. The van der Waals surface area contributed by atoms with Crippen LogP contribution >= 0.6 is 22.6 Å². The summed E-state index contributed by atoms with van der Waals surface area (Å²) >= 11 is 1.41. The van der Waals surface area contributed by atoms with Crippen molar-refractivity contribution in [1.82, 2.24) is 0 Å². The Morgan fingerprint density at radius 3 is 1.33 bits per heavy atom. The van der Waals surface area contributed by atoms with Crippen molar-refractivity contribution in [2.45, 2.75) is 115 Å². The molecule has 14 heteroatoms. The Hall–Kier alpha value is -3.11. The Balaban J connectivity index is 0.000000207. The summed E-state index contributed by atoms with van der Waals surface area (Å²) in [6.07, 6.45) is 5.31. The van der Waals surface area contributed by atoms with E-state index in [0.717, 1.165) is 42.4 Å². The van der Waals surface area contributed by atoms with Gasteiger partial charge in [-0.05, 0) is 138 Å². The van der Waals surface area contributed by atoms with Crippen LogP contribution in [-0.2, 0) is 12.4 Å². The van der Waals surface area contributed by atoms with Crippen molar-refractivity contribution in [3.63, 3.8) is 0 Å². The van der Waals surface area contributed by atoms with Crippen molar-refractivity contribution in [2.24, 2.45) is 11.8 Å². The molecule has 6 rings (SSSR count). The summed E-state index contributed by atoms with van der Waals surface area (Å²) in [5.41, 5.74) is 0.158. The van der Waals surface area contributed by atoms with Gasteiger partial charge in [0, 0.05) is 5.56 Å². The summed E-state index contributed by atoms with van der Waals surface area (Å²) < 4.78 is 127. The Morgan fingerprint density at radius 2 is 0.931 bits per heavy atom. The van der Waals surface area contributed by atoms with E-state index < -0.39 is 53.9 Å². The summed E-state index contributed by atoms with van der Waals surface area (Å²) in [6.45, 7) is 4.47. The second-order valence-electron chi connectivity index (χ2n) is 15.2. The first-order chi connectivity index (χ1) is 27.3. The summed E-state index contributed by atoms with van der Waals surface area (Å²) in [4.78, 5) is 0. The third kappa shape index (κ3) is 12.9.